The molecule has 0 aliphatic heterocycles. The van der Waals surface area contributed by atoms with Crippen LogP contribution in [0.2, 0.25) is 0 Å². The summed E-state index contributed by atoms with van der Waals surface area (Å²) in [6.07, 6.45) is -0.445. The maximum atomic E-state index is 13.3. The highest BCUT2D eigenvalue weighted by molar-refractivity contribution is 5.91. The number of ether oxygens (including phenoxy) is 1. The van der Waals surface area contributed by atoms with E-state index in [0.29, 0.717) is 6.42 Å². The van der Waals surface area contributed by atoms with Gasteiger partial charge in [-0.2, -0.15) is 5.26 Å². The minimum atomic E-state index is -0.826. The summed E-state index contributed by atoms with van der Waals surface area (Å²) in [5.41, 5.74) is 6.02. The Balaban J connectivity index is 2.95. The summed E-state index contributed by atoms with van der Waals surface area (Å²) in [7, 11) is 0. The molecule has 0 bridgehead atoms. The minimum absolute atomic E-state index is 0.0132. The van der Waals surface area contributed by atoms with Crippen LogP contribution in [0.15, 0.2) is 12.1 Å². The SMILES string of the molecule is CCC(C#N)OC(=O)c1cc(N)c(C)c(F)c1. The van der Waals surface area contributed by atoms with E-state index in [1.807, 2.05) is 6.07 Å². The van der Waals surface area contributed by atoms with Crippen LogP contribution >= 0.6 is 0 Å². The van der Waals surface area contributed by atoms with E-state index in [9.17, 15) is 9.18 Å². The lowest BCUT2D eigenvalue weighted by atomic mass is 10.1. The summed E-state index contributed by atoms with van der Waals surface area (Å²) in [6.45, 7) is 3.23. The van der Waals surface area contributed by atoms with Gasteiger partial charge >= 0.3 is 5.97 Å². The predicted octanol–water partition coefficient (Wildman–Crippen LogP) is 2.18. The first-order valence-electron chi connectivity index (χ1n) is 5.15. The topological polar surface area (TPSA) is 76.1 Å². The summed E-state index contributed by atoms with van der Waals surface area (Å²) in [4.78, 5) is 11.6. The van der Waals surface area contributed by atoms with Crippen molar-refractivity contribution in [2.24, 2.45) is 0 Å². The largest absolute Gasteiger partial charge is 0.443 e. The summed E-state index contributed by atoms with van der Waals surface area (Å²) in [5.74, 6) is -1.31. The molecule has 1 rings (SSSR count). The molecule has 0 aliphatic rings. The first-order chi connectivity index (χ1) is 7.99. The Morgan fingerprint density at radius 3 is 2.76 bits per heavy atom. The van der Waals surface area contributed by atoms with Gasteiger partial charge in [-0.1, -0.05) is 6.92 Å². The van der Waals surface area contributed by atoms with Gasteiger partial charge in [0, 0.05) is 11.3 Å². The zero-order valence-electron chi connectivity index (χ0n) is 9.66. The number of carbonyl (C=O) groups excluding carboxylic acids is 1. The third-order valence-electron chi connectivity index (χ3n) is 2.38. The van der Waals surface area contributed by atoms with Gasteiger partial charge in [0.1, 0.15) is 11.9 Å². The fraction of sp³-hybridized carbons (Fsp3) is 0.333. The number of nitrogen functional groups attached to an aromatic ring is 1. The number of esters is 1. The van der Waals surface area contributed by atoms with Gasteiger partial charge in [0.25, 0.3) is 0 Å². The van der Waals surface area contributed by atoms with Crippen LogP contribution in [-0.4, -0.2) is 12.1 Å². The van der Waals surface area contributed by atoms with Gasteiger partial charge in [-0.25, -0.2) is 9.18 Å². The Labute approximate surface area is 98.8 Å². The van der Waals surface area contributed by atoms with Crippen molar-refractivity contribution in [2.45, 2.75) is 26.4 Å². The Kier molecular flexibility index (Phi) is 4.05. The van der Waals surface area contributed by atoms with Crippen molar-refractivity contribution >= 4 is 11.7 Å². The number of nitriles is 1. The Bertz CT molecular complexity index is 457. The Hall–Kier alpha value is -2.09. The van der Waals surface area contributed by atoms with Crippen LogP contribution < -0.4 is 5.73 Å². The molecular weight excluding hydrogens is 223 g/mol. The second-order valence-electron chi connectivity index (χ2n) is 3.60. The van der Waals surface area contributed by atoms with Crippen molar-refractivity contribution in [2.75, 3.05) is 5.73 Å². The molecule has 17 heavy (non-hydrogen) atoms. The van der Waals surface area contributed by atoms with E-state index in [4.69, 9.17) is 15.7 Å². The zero-order chi connectivity index (χ0) is 13.0. The molecule has 5 heteroatoms. The minimum Gasteiger partial charge on any atom is -0.443 e. The maximum Gasteiger partial charge on any atom is 0.339 e. The molecule has 0 aliphatic carbocycles. The maximum absolute atomic E-state index is 13.3. The van der Waals surface area contributed by atoms with Crippen molar-refractivity contribution in [3.63, 3.8) is 0 Å². The number of anilines is 1. The summed E-state index contributed by atoms with van der Waals surface area (Å²) in [6, 6.07) is 4.22. The fourth-order valence-electron chi connectivity index (χ4n) is 1.22. The molecule has 4 nitrogen and oxygen atoms in total. The molecule has 0 saturated carbocycles. The molecule has 0 heterocycles. The fourth-order valence-corrected chi connectivity index (χ4v) is 1.22. The molecule has 0 amide bonds. The average molecular weight is 236 g/mol. The predicted molar refractivity (Wildman–Crippen MR) is 60.7 cm³/mol. The molecule has 0 radical (unpaired) electrons. The van der Waals surface area contributed by atoms with Gasteiger partial charge in [-0.3, -0.25) is 0 Å². The second-order valence-corrected chi connectivity index (χ2v) is 3.60. The van der Waals surface area contributed by atoms with Crippen molar-refractivity contribution in [3.8, 4) is 6.07 Å². The number of benzene rings is 1. The van der Waals surface area contributed by atoms with Gasteiger partial charge in [-0.15, -0.1) is 0 Å². The number of rotatable bonds is 3. The van der Waals surface area contributed by atoms with E-state index in [1.54, 1.807) is 6.92 Å². The Morgan fingerprint density at radius 1 is 1.65 bits per heavy atom. The number of nitrogens with zero attached hydrogens (tertiary/aromatic N) is 1. The molecule has 90 valence electrons. The highest BCUT2D eigenvalue weighted by Gasteiger charge is 2.16. The summed E-state index contributed by atoms with van der Waals surface area (Å²) in [5, 5.41) is 8.65. The van der Waals surface area contributed by atoms with Crippen LogP contribution in [0.5, 0.6) is 0 Å². The van der Waals surface area contributed by atoms with Crippen molar-refractivity contribution < 1.29 is 13.9 Å². The lowest BCUT2D eigenvalue weighted by Crippen LogP contribution is -2.16. The molecular formula is C12H13FN2O2. The van der Waals surface area contributed by atoms with Gasteiger partial charge in [0.05, 0.1) is 5.56 Å². The Morgan fingerprint density at radius 2 is 2.29 bits per heavy atom. The quantitative estimate of drug-likeness (QED) is 0.644. The van der Waals surface area contributed by atoms with Crippen molar-refractivity contribution in [1.82, 2.24) is 0 Å². The van der Waals surface area contributed by atoms with E-state index in [2.05, 4.69) is 0 Å². The standard InChI is InChI=1S/C12H13FN2O2/c1-3-9(6-14)17-12(16)8-4-10(13)7(2)11(15)5-8/h4-5,9H,3,15H2,1-2H3. The van der Waals surface area contributed by atoms with E-state index in [0.717, 1.165) is 6.07 Å². The van der Waals surface area contributed by atoms with Crippen LogP contribution in [0.3, 0.4) is 0 Å². The molecule has 1 unspecified atom stereocenters. The molecule has 0 aromatic heterocycles. The van der Waals surface area contributed by atoms with Gasteiger partial charge in [0.2, 0.25) is 0 Å². The van der Waals surface area contributed by atoms with Crippen molar-refractivity contribution in [3.05, 3.63) is 29.1 Å². The number of hydrogen-bond acceptors (Lipinski definition) is 4. The monoisotopic (exact) mass is 236 g/mol. The number of nitrogens with two attached hydrogens (primary N) is 1. The van der Waals surface area contributed by atoms with E-state index in [1.165, 1.54) is 13.0 Å². The van der Waals surface area contributed by atoms with E-state index in [-0.39, 0.29) is 16.8 Å². The van der Waals surface area contributed by atoms with Crippen LogP contribution in [0.1, 0.15) is 29.3 Å². The highest BCUT2D eigenvalue weighted by Crippen LogP contribution is 2.18. The number of carbonyl (C=O) groups is 1. The average Bonchev–Trinajstić information content (AvgIpc) is 2.31. The summed E-state index contributed by atoms with van der Waals surface area (Å²) < 4.78 is 18.2. The van der Waals surface area contributed by atoms with Gasteiger partial charge < -0.3 is 10.5 Å². The van der Waals surface area contributed by atoms with Gasteiger partial charge in [0.15, 0.2) is 6.10 Å². The molecule has 0 spiro atoms. The van der Waals surface area contributed by atoms with Crippen LogP contribution in [-0.2, 0) is 4.74 Å². The number of halogens is 1. The van der Waals surface area contributed by atoms with E-state index >= 15 is 0 Å². The van der Waals surface area contributed by atoms with Crippen LogP contribution in [0, 0.1) is 24.1 Å². The second kappa shape index (κ2) is 5.30. The molecule has 1 aromatic rings. The van der Waals surface area contributed by atoms with Crippen molar-refractivity contribution in [1.29, 1.82) is 5.26 Å². The van der Waals surface area contributed by atoms with Crippen LogP contribution in [0.25, 0.3) is 0 Å². The third kappa shape index (κ3) is 2.94. The molecule has 1 atom stereocenters. The normalized spacial score (nSPS) is 11.6. The first kappa shape index (κ1) is 13.0. The highest BCUT2D eigenvalue weighted by atomic mass is 19.1. The zero-order valence-corrected chi connectivity index (χ0v) is 9.66. The smallest absolute Gasteiger partial charge is 0.339 e. The first-order valence-corrected chi connectivity index (χ1v) is 5.15. The third-order valence-corrected chi connectivity index (χ3v) is 2.38. The molecule has 0 saturated heterocycles. The van der Waals surface area contributed by atoms with E-state index < -0.39 is 17.9 Å². The lowest BCUT2D eigenvalue weighted by Gasteiger charge is -2.10. The lowest BCUT2D eigenvalue weighted by molar-refractivity contribution is 0.0400. The molecule has 1 aromatic carbocycles. The molecule has 0 fully saturated rings. The summed E-state index contributed by atoms with van der Waals surface area (Å²) >= 11 is 0. The van der Waals surface area contributed by atoms with Crippen LogP contribution in [0.4, 0.5) is 10.1 Å². The number of hydrogen-bond donors (Lipinski definition) is 1. The van der Waals surface area contributed by atoms with Gasteiger partial charge in [-0.05, 0) is 25.5 Å². The molecule has 2 N–H and O–H groups in total.